The monoisotopic (exact) mass is 296 g/mol. The fraction of sp³-hybridized carbons (Fsp3) is 0.167. The predicted molar refractivity (Wildman–Crippen MR) is 48.0 cm³/mol. The first-order chi connectivity index (χ1) is 5.61. The number of halogens is 3. The maximum Gasteiger partial charge on any atom is 0.224 e. The normalized spacial score (nSPS) is 10.3. The number of alkyl halides is 2. The van der Waals surface area contributed by atoms with E-state index >= 15 is 0 Å². The van der Waals surface area contributed by atoms with E-state index in [0.717, 1.165) is 12.4 Å². The highest BCUT2D eigenvalue weighted by atomic mass is 79.9. The van der Waals surface area contributed by atoms with Gasteiger partial charge in [-0.2, -0.15) is 0 Å². The lowest BCUT2D eigenvalue weighted by atomic mass is 10.4. The average molecular weight is 298 g/mol. The molecule has 0 saturated carbocycles. The molecule has 0 bridgehead atoms. The predicted octanol–water partition coefficient (Wildman–Crippen LogP) is 1.91. The van der Waals surface area contributed by atoms with Crippen LogP contribution in [0.4, 0.5) is 4.39 Å². The Hall–Kier alpha value is -0.360. The fourth-order valence-corrected chi connectivity index (χ4v) is 0.947. The Labute approximate surface area is 84.7 Å². The van der Waals surface area contributed by atoms with Crippen molar-refractivity contribution in [1.29, 1.82) is 0 Å². The minimum atomic E-state index is -0.563. The minimum absolute atomic E-state index is 0.0184. The van der Waals surface area contributed by atoms with Crippen molar-refractivity contribution in [2.75, 3.05) is 0 Å². The molecule has 3 nitrogen and oxygen atoms in total. The van der Waals surface area contributed by atoms with Gasteiger partial charge in [-0.15, -0.1) is 0 Å². The molecule has 0 atom stereocenters. The molecule has 1 aromatic rings. The largest absolute Gasteiger partial charge is 0.288 e. The van der Waals surface area contributed by atoms with Crippen LogP contribution in [0, 0.1) is 5.82 Å². The number of carbonyl (C=O) groups excluding carboxylic acids is 1. The zero-order chi connectivity index (χ0) is 9.14. The number of nitrogens with zero attached hydrogens (tertiary/aromatic N) is 2. The molecule has 0 N–H and O–H groups in total. The topological polar surface area (TPSA) is 42.9 Å². The molecule has 0 unspecified atom stereocenters. The Kier molecular flexibility index (Phi) is 3.28. The second-order valence-corrected chi connectivity index (χ2v) is 4.95. The number of Topliss-reactive ketones (excluding diaryl/α,β-unsaturated/α-hetero) is 1. The van der Waals surface area contributed by atoms with Gasteiger partial charge in [0.1, 0.15) is 3.74 Å². The van der Waals surface area contributed by atoms with Crippen molar-refractivity contribution in [2.24, 2.45) is 0 Å². The Balaban J connectivity index is 2.90. The highest BCUT2D eigenvalue weighted by Crippen LogP contribution is 2.12. The number of hydrogen-bond donors (Lipinski definition) is 0. The quantitative estimate of drug-likeness (QED) is 0.619. The van der Waals surface area contributed by atoms with Gasteiger partial charge in [0.05, 0.1) is 12.4 Å². The third-order valence-corrected chi connectivity index (χ3v) is 1.87. The zero-order valence-electron chi connectivity index (χ0n) is 5.67. The van der Waals surface area contributed by atoms with E-state index in [1.807, 2.05) is 0 Å². The molecular formula is C6H3Br2FN2O. The molecule has 1 rings (SSSR count). The fourth-order valence-electron chi connectivity index (χ4n) is 0.537. The van der Waals surface area contributed by atoms with Crippen LogP contribution in [-0.2, 0) is 0 Å². The van der Waals surface area contributed by atoms with Gasteiger partial charge in [-0.25, -0.2) is 14.4 Å². The Morgan fingerprint density at radius 2 is 1.92 bits per heavy atom. The summed E-state index contributed by atoms with van der Waals surface area (Å²) in [5.74, 6) is -0.919. The first-order valence-electron chi connectivity index (χ1n) is 2.91. The zero-order valence-corrected chi connectivity index (χ0v) is 8.84. The summed E-state index contributed by atoms with van der Waals surface area (Å²) >= 11 is 5.98. The Morgan fingerprint density at radius 1 is 1.42 bits per heavy atom. The summed E-state index contributed by atoms with van der Waals surface area (Å²) in [6.45, 7) is 0. The third-order valence-electron chi connectivity index (χ3n) is 1.04. The van der Waals surface area contributed by atoms with Gasteiger partial charge in [-0.3, -0.25) is 4.79 Å². The van der Waals surface area contributed by atoms with Crippen LogP contribution >= 0.6 is 31.9 Å². The van der Waals surface area contributed by atoms with Gasteiger partial charge in [0.2, 0.25) is 5.78 Å². The lowest BCUT2D eigenvalue weighted by molar-refractivity contribution is 0.100. The van der Waals surface area contributed by atoms with Crippen molar-refractivity contribution in [3.05, 3.63) is 24.0 Å². The molecule has 0 aromatic carbocycles. The molecule has 0 aliphatic heterocycles. The first kappa shape index (κ1) is 9.73. The SMILES string of the molecule is O=C(c1ncc(F)cn1)C(Br)Br. The maximum atomic E-state index is 12.3. The van der Waals surface area contributed by atoms with Crippen LogP contribution in [0.5, 0.6) is 0 Å². The van der Waals surface area contributed by atoms with Crippen LogP contribution in [0.3, 0.4) is 0 Å². The molecule has 0 amide bonds. The molecule has 1 heterocycles. The van der Waals surface area contributed by atoms with Crippen LogP contribution in [0.2, 0.25) is 0 Å². The van der Waals surface area contributed by atoms with E-state index in [4.69, 9.17) is 0 Å². The summed E-state index contributed by atoms with van der Waals surface area (Å²) in [7, 11) is 0. The second-order valence-electron chi connectivity index (χ2n) is 1.89. The van der Waals surface area contributed by atoms with E-state index in [9.17, 15) is 9.18 Å². The number of rotatable bonds is 2. The van der Waals surface area contributed by atoms with Crippen molar-refractivity contribution in [2.45, 2.75) is 3.74 Å². The van der Waals surface area contributed by atoms with E-state index in [-0.39, 0.29) is 11.6 Å². The van der Waals surface area contributed by atoms with Crippen molar-refractivity contribution in [3.63, 3.8) is 0 Å². The second kappa shape index (κ2) is 4.04. The van der Waals surface area contributed by atoms with Crippen LogP contribution in [0.25, 0.3) is 0 Å². The van der Waals surface area contributed by atoms with E-state index in [0.29, 0.717) is 0 Å². The summed E-state index contributed by atoms with van der Waals surface area (Å²) in [6.07, 6.45) is 1.89. The molecule has 0 spiro atoms. The molecule has 12 heavy (non-hydrogen) atoms. The molecular weight excluding hydrogens is 295 g/mol. The molecule has 64 valence electrons. The maximum absolute atomic E-state index is 12.3. The lowest BCUT2D eigenvalue weighted by Crippen LogP contribution is -2.11. The molecule has 0 fully saturated rings. The van der Waals surface area contributed by atoms with Crippen molar-refractivity contribution in [1.82, 2.24) is 9.97 Å². The first-order valence-corrected chi connectivity index (χ1v) is 4.74. The van der Waals surface area contributed by atoms with Gasteiger partial charge in [-0.05, 0) is 0 Å². The van der Waals surface area contributed by atoms with Crippen LogP contribution in [0.15, 0.2) is 12.4 Å². The third kappa shape index (κ3) is 2.31. The van der Waals surface area contributed by atoms with Gasteiger partial charge in [-0.1, -0.05) is 31.9 Å². The van der Waals surface area contributed by atoms with E-state index in [1.54, 1.807) is 0 Å². The highest BCUT2D eigenvalue weighted by molar-refractivity contribution is 9.25. The van der Waals surface area contributed by atoms with E-state index < -0.39 is 9.55 Å². The van der Waals surface area contributed by atoms with E-state index in [2.05, 4.69) is 41.8 Å². The van der Waals surface area contributed by atoms with E-state index in [1.165, 1.54) is 0 Å². The van der Waals surface area contributed by atoms with Crippen LogP contribution in [0.1, 0.15) is 10.6 Å². The van der Waals surface area contributed by atoms with Crippen LogP contribution in [-0.4, -0.2) is 19.5 Å². The number of carbonyl (C=O) groups is 1. The molecule has 0 radical (unpaired) electrons. The number of ketones is 1. The van der Waals surface area contributed by atoms with Crippen molar-refractivity contribution < 1.29 is 9.18 Å². The lowest BCUT2D eigenvalue weighted by Gasteiger charge is -1.97. The average Bonchev–Trinajstić information content (AvgIpc) is 2.04. The van der Waals surface area contributed by atoms with Crippen molar-refractivity contribution >= 4 is 37.6 Å². The smallest absolute Gasteiger partial charge is 0.224 e. The van der Waals surface area contributed by atoms with Gasteiger partial charge < -0.3 is 0 Å². The molecule has 0 aliphatic rings. The highest BCUT2D eigenvalue weighted by Gasteiger charge is 2.15. The van der Waals surface area contributed by atoms with Gasteiger partial charge in [0, 0.05) is 0 Å². The summed E-state index contributed by atoms with van der Waals surface area (Å²) in [4.78, 5) is 18.1. The summed E-state index contributed by atoms with van der Waals surface area (Å²) < 4.78 is 11.8. The number of hydrogen-bond acceptors (Lipinski definition) is 3. The summed E-state index contributed by atoms with van der Waals surface area (Å²) in [6, 6.07) is 0. The standard InChI is InChI=1S/C6H3Br2FN2O/c7-5(8)4(12)6-10-1-3(9)2-11-6/h1-2,5H. The molecule has 1 aromatic heterocycles. The Morgan fingerprint density at radius 3 is 2.33 bits per heavy atom. The van der Waals surface area contributed by atoms with Gasteiger partial charge in [0.15, 0.2) is 11.6 Å². The van der Waals surface area contributed by atoms with Gasteiger partial charge in [0.25, 0.3) is 0 Å². The summed E-state index contributed by atoms with van der Waals surface area (Å²) in [5.41, 5.74) is 0. The molecule has 6 heteroatoms. The minimum Gasteiger partial charge on any atom is -0.288 e. The van der Waals surface area contributed by atoms with Gasteiger partial charge >= 0.3 is 0 Å². The molecule has 0 saturated heterocycles. The van der Waals surface area contributed by atoms with Crippen molar-refractivity contribution in [3.8, 4) is 0 Å². The Bertz CT molecular complexity index is 288. The van der Waals surface area contributed by atoms with Crippen LogP contribution < -0.4 is 0 Å². The molecule has 0 aliphatic carbocycles. The summed E-state index contributed by atoms with van der Waals surface area (Å²) in [5, 5.41) is 0. The number of aromatic nitrogens is 2.